The molecule has 0 spiro atoms. The lowest BCUT2D eigenvalue weighted by molar-refractivity contribution is -0.404. The van der Waals surface area contributed by atoms with Crippen LogP contribution in [0.3, 0.4) is 0 Å². The van der Waals surface area contributed by atoms with Gasteiger partial charge in [0, 0.05) is 36.3 Å². The van der Waals surface area contributed by atoms with Gasteiger partial charge in [0.05, 0.1) is 5.56 Å². The predicted octanol–water partition coefficient (Wildman–Crippen LogP) is 4.10. The van der Waals surface area contributed by atoms with Crippen molar-refractivity contribution in [2.75, 3.05) is 5.32 Å². The number of nitrogens with one attached hydrogen (secondary N) is 3. The van der Waals surface area contributed by atoms with E-state index in [9.17, 15) is 9.59 Å². The summed E-state index contributed by atoms with van der Waals surface area (Å²) in [5.41, 5.74) is 3.22. The first-order chi connectivity index (χ1) is 18.4. The predicted molar refractivity (Wildman–Crippen MR) is 139 cm³/mol. The zero-order valence-electron chi connectivity index (χ0n) is 21.8. The fourth-order valence-corrected chi connectivity index (χ4v) is 5.53. The second-order valence-corrected chi connectivity index (χ2v) is 11.3. The van der Waals surface area contributed by atoms with Crippen LogP contribution in [-0.2, 0) is 11.3 Å². The number of anilines is 1. The summed E-state index contributed by atoms with van der Waals surface area (Å²) in [7, 11) is 0. The molecule has 3 aromatic heterocycles. The molecular weight excluding hydrogens is 483 g/mol. The van der Waals surface area contributed by atoms with Gasteiger partial charge in [0.15, 0.2) is 0 Å². The maximum absolute atomic E-state index is 15.2. The Morgan fingerprint density at radius 3 is 2.47 bits per heavy atom. The summed E-state index contributed by atoms with van der Waals surface area (Å²) < 4.78 is 16.9. The molecule has 8 nitrogen and oxygen atoms in total. The van der Waals surface area contributed by atoms with Crippen molar-refractivity contribution in [2.24, 2.45) is 23.7 Å². The largest absolute Gasteiger partial charge is 0.337 e. The molecule has 0 aromatic carbocycles. The number of rotatable bonds is 10. The summed E-state index contributed by atoms with van der Waals surface area (Å²) in [6.45, 7) is 4.47. The Hall–Kier alpha value is -3.62. The number of carbonyl (C=O) groups is 2. The van der Waals surface area contributed by atoms with Crippen LogP contribution in [0.5, 0.6) is 0 Å². The van der Waals surface area contributed by atoms with Gasteiger partial charge in [0.1, 0.15) is 11.7 Å². The fraction of sp³-hybridized carbons (Fsp3) is 0.483. The molecule has 38 heavy (non-hydrogen) atoms. The van der Waals surface area contributed by atoms with E-state index >= 15 is 4.39 Å². The normalized spacial score (nSPS) is 17.9. The van der Waals surface area contributed by atoms with Crippen LogP contribution in [0.2, 0.25) is 0 Å². The van der Waals surface area contributed by atoms with Crippen molar-refractivity contribution < 1.29 is 19.0 Å². The van der Waals surface area contributed by atoms with Crippen molar-refractivity contribution in [3.8, 4) is 11.1 Å². The molecule has 9 heteroatoms. The van der Waals surface area contributed by atoms with Crippen LogP contribution in [0.1, 0.15) is 60.3 Å². The standard InChI is InChI=1S/C29H33FN6O2/c1-16-13-22(17(2)31-14-16)21-9-10-24(33-27(21)30)34-29(38)26(25(19-5-6-19)20-7-8-20)35-28(37)23-11-12-32-36(23)15-18-3-4-18/h9-14,18-20,25-26H,3-8,15H2,1-2H3,(H,35,37)(H,33,34,38)/p+1/t26-/m0/s1. The van der Waals surface area contributed by atoms with Gasteiger partial charge < -0.3 is 5.32 Å². The van der Waals surface area contributed by atoms with Gasteiger partial charge >= 0.3 is 5.91 Å². The molecule has 3 heterocycles. The summed E-state index contributed by atoms with van der Waals surface area (Å²) in [6, 6.07) is 6.20. The van der Waals surface area contributed by atoms with Crippen LogP contribution in [0.15, 0.2) is 36.7 Å². The molecule has 0 bridgehead atoms. The number of amides is 2. The lowest BCUT2D eigenvalue weighted by Gasteiger charge is -2.25. The Labute approximate surface area is 221 Å². The van der Waals surface area contributed by atoms with E-state index in [-0.39, 0.29) is 23.6 Å². The fourth-order valence-electron chi connectivity index (χ4n) is 5.53. The SMILES string of the molecule is Cc1cnc(C)c(-c2ccc(NC(=O)[C@@H](NC(=O)c3ccnn3CC3CC3)C(C3CC3)C3CC3)[nH+]c2F)c1. The van der Waals surface area contributed by atoms with E-state index in [4.69, 9.17) is 0 Å². The molecule has 0 radical (unpaired) electrons. The highest BCUT2D eigenvalue weighted by atomic mass is 19.1. The molecule has 0 saturated heterocycles. The molecular formula is C29H34FN6O2+. The maximum atomic E-state index is 15.2. The molecule has 3 aliphatic rings. The first-order valence-electron chi connectivity index (χ1n) is 13.7. The number of aromatic amines is 1. The van der Waals surface area contributed by atoms with Crippen LogP contribution < -0.4 is 15.6 Å². The van der Waals surface area contributed by atoms with Gasteiger partial charge in [0.25, 0.3) is 17.7 Å². The second-order valence-electron chi connectivity index (χ2n) is 11.3. The van der Waals surface area contributed by atoms with E-state index in [0.717, 1.165) is 56.3 Å². The number of hydrogen-bond acceptors (Lipinski definition) is 4. The van der Waals surface area contributed by atoms with Crippen molar-refractivity contribution in [2.45, 2.75) is 65.0 Å². The number of halogens is 1. The highest BCUT2D eigenvalue weighted by Gasteiger charge is 2.49. The molecule has 1 atom stereocenters. The Kier molecular flexibility index (Phi) is 6.45. The van der Waals surface area contributed by atoms with Crippen LogP contribution in [-0.4, -0.2) is 32.6 Å². The Morgan fingerprint density at radius 2 is 1.82 bits per heavy atom. The van der Waals surface area contributed by atoms with E-state index in [0.29, 0.717) is 34.6 Å². The molecule has 6 rings (SSSR count). The summed E-state index contributed by atoms with van der Waals surface area (Å²) in [6.07, 6.45) is 9.97. The monoisotopic (exact) mass is 517 g/mol. The molecule has 3 aromatic rings. The summed E-state index contributed by atoms with van der Waals surface area (Å²) >= 11 is 0. The third kappa shape index (κ3) is 5.33. The third-order valence-corrected chi connectivity index (χ3v) is 8.03. The van der Waals surface area contributed by atoms with Crippen LogP contribution in [0.25, 0.3) is 11.1 Å². The number of aryl methyl sites for hydroxylation is 2. The molecule has 2 amide bonds. The van der Waals surface area contributed by atoms with E-state index in [1.54, 1.807) is 35.3 Å². The molecule has 0 aliphatic heterocycles. The summed E-state index contributed by atoms with van der Waals surface area (Å²) in [5.74, 6) is 0.573. The van der Waals surface area contributed by atoms with Crippen LogP contribution >= 0.6 is 0 Å². The van der Waals surface area contributed by atoms with Gasteiger partial charge in [-0.1, -0.05) is 0 Å². The Bertz CT molecular complexity index is 1360. The molecule has 3 N–H and O–H groups in total. The Balaban J connectivity index is 1.23. The van der Waals surface area contributed by atoms with Crippen molar-refractivity contribution in [3.63, 3.8) is 0 Å². The summed E-state index contributed by atoms with van der Waals surface area (Å²) in [5, 5.41) is 10.2. The van der Waals surface area contributed by atoms with E-state index < -0.39 is 12.0 Å². The second kappa shape index (κ2) is 9.93. The highest BCUT2D eigenvalue weighted by Crippen LogP contribution is 2.51. The van der Waals surface area contributed by atoms with Crippen molar-refractivity contribution in [1.82, 2.24) is 20.1 Å². The minimum Gasteiger partial charge on any atom is -0.337 e. The maximum Gasteiger partial charge on any atom is 0.330 e. The number of pyridine rings is 2. The average molecular weight is 518 g/mol. The van der Waals surface area contributed by atoms with Crippen molar-refractivity contribution in [3.05, 3.63) is 59.6 Å². The summed E-state index contributed by atoms with van der Waals surface area (Å²) in [4.78, 5) is 34.1. The van der Waals surface area contributed by atoms with Gasteiger partial charge in [-0.3, -0.25) is 14.5 Å². The molecule has 0 unspecified atom stereocenters. The van der Waals surface area contributed by atoms with Crippen LogP contribution in [0, 0.1) is 43.5 Å². The van der Waals surface area contributed by atoms with Gasteiger partial charge in [-0.2, -0.15) is 9.49 Å². The first kappa shape index (κ1) is 24.7. The smallest absolute Gasteiger partial charge is 0.330 e. The number of carbonyl (C=O) groups excluding carboxylic acids is 2. The van der Waals surface area contributed by atoms with Gasteiger partial charge in [-0.25, -0.2) is 15.1 Å². The van der Waals surface area contributed by atoms with Gasteiger partial charge in [-0.05, 0) is 99.8 Å². The quantitative estimate of drug-likeness (QED) is 0.395. The number of nitrogens with zero attached hydrogens (tertiary/aromatic N) is 3. The zero-order valence-corrected chi connectivity index (χ0v) is 21.8. The average Bonchev–Trinajstić information content (AvgIpc) is 3.74. The van der Waals surface area contributed by atoms with Crippen molar-refractivity contribution >= 4 is 17.6 Å². The van der Waals surface area contributed by atoms with Crippen molar-refractivity contribution in [1.29, 1.82) is 0 Å². The van der Waals surface area contributed by atoms with E-state index in [1.807, 2.05) is 19.9 Å². The Morgan fingerprint density at radius 1 is 1.08 bits per heavy atom. The highest BCUT2D eigenvalue weighted by molar-refractivity contribution is 6.00. The van der Waals surface area contributed by atoms with Crippen LogP contribution in [0.4, 0.5) is 10.2 Å². The first-order valence-corrected chi connectivity index (χ1v) is 13.7. The van der Waals surface area contributed by atoms with E-state index in [1.165, 1.54) is 0 Å². The third-order valence-electron chi connectivity index (χ3n) is 8.03. The topological polar surface area (TPSA) is 103 Å². The lowest BCUT2D eigenvalue weighted by atomic mass is 9.88. The minimum atomic E-state index is -0.703. The number of H-pyrrole nitrogens is 1. The molecule has 3 fully saturated rings. The minimum absolute atomic E-state index is 0.0730. The molecule has 3 saturated carbocycles. The molecule has 3 aliphatic carbocycles. The lowest BCUT2D eigenvalue weighted by Crippen LogP contribution is -2.50. The number of aromatic nitrogens is 4. The van der Waals surface area contributed by atoms with Gasteiger partial charge in [-0.15, -0.1) is 0 Å². The zero-order chi connectivity index (χ0) is 26.4. The van der Waals surface area contributed by atoms with Gasteiger partial charge in [0.2, 0.25) is 0 Å². The molecule has 198 valence electrons. The number of hydrogen-bond donors (Lipinski definition) is 2. The van der Waals surface area contributed by atoms with E-state index in [2.05, 4.69) is 25.7 Å².